The molecule has 1 amide bonds. The summed E-state index contributed by atoms with van der Waals surface area (Å²) in [6, 6.07) is 11.0. The van der Waals surface area contributed by atoms with E-state index in [9.17, 15) is 9.18 Å². The summed E-state index contributed by atoms with van der Waals surface area (Å²) in [6.45, 7) is 1.98. The summed E-state index contributed by atoms with van der Waals surface area (Å²) in [5.41, 5.74) is 0.991. The molecule has 0 saturated carbocycles. The number of hydrogen-bond acceptors (Lipinski definition) is 2. The van der Waals surface area contributed by atoms with Gasteiger partial charge in [-0.15, -0.1) is 0 Å². The van der Waals surface area contributed by atoms with Crippen LogP contribution in [0, 0.1) is 5.82 Å². The van der Waals surface area contributed by atoms with Gasteiger partial charge in [-0.05, 0) is 44.3 Å². The van der Waals surface area contributed by atoms with E-state index in [0.717, 1.165) is 0 Å². The largest absolute Gasteiger partial charge is 0.325 e. The zero-order valence-corrected chi connectivity index (χ0v) is 14.3. The van der Waals surface area contributed by atoms with Crippen LogP contribution in [0.4, 0.5) is 10.1 Å². The maximum atomic E-state index is 13.8. The minimum absolute atomic E-state index is 0.206. The molecule has 0 aliphatic rings. The van der Waals surface area contributed by atoms with E-state index >= 15 is 0 Å². The summed E-state index contributed by atoms with van der Waals surface area (Å²) in [6.07, 6.45) is 0. The number of anilines is 1. The fourth-order valence-corrected chi connectivity index (χ4v) is 2.50. The van der Waals surface area contributed by atoms with E-state index in [1.54, 1.807) is 55.3 Å². The van der Waals surface area contributed by atoms with Gasteiger partial charge in [0.1, 0.15) is 5.82 Å². The fraction of sp³-hybridized carbons (Fsp3) is 0.235. The fourth-order valence-electron chi connectivity index (χ4n) is 2.08. The standard InChI is InChI=1S/C17H17Cl2FN2O/c1-11(17(23)21-13-6-3-5-12(18)9-13)22(2)10-14-15(19)7-4-8-16(14)20/h3-9,11H,10H2,1-2H3,(H,21,23)/t11-/m0/s1. The van der Waals surface area contributed by atoms with Gasteiger partial charge in [0.05, 0.1) is 6.04 Å². The Hall–Kier alpha value is -1.62. The first-order valence-corrected chi connectivity index (χ1v) is 7.83. The van der Waals surface area contributed by atoms with Gasteiger partial charge in [-0.2, -0.15) is 0 Å². The number of benzene rings is 2. The first kappa shape index (κ1) is 17.7. The van der Waals surface area contributed by atoms with E-state index < -0.39 is 6.04 Å². The maximum Gasteiger partial charge on any atom is 0.241 e. The van der Waals surface area contributed by atoms with Crippen molar-refractivity contribution in [2.75, 3.05) is 12.4 Å². The molecule has 2 rings (SSSR count). The zero-order valence-electron chi connectivity index (χ0n) is 12.8. The molecule has 0 aliphatic carbocycles. The molecule has 0 unspecified atom stereocenters. The van der Waals surface area contributed by atoms with Crippen molar-refractivity contribution >= 4 is 34.8 Å². The molecule has 2 aromatic rings. The second kappa shape index (κ2) is 7.77. The molecule has 1 N–H and O–H groups in total. The number of amides is 1. The molecule has 0 aromatic heterocycles. The highest BCUT2D eigenvalue weighted by atomic mass is 35.5. The Morgan fingerprint density at radius 2 is 1.96 bits per heavy atom. The quantitative estimate of drug-likeness (QED) is 0.851. The van der Waals surface area contributed by atoms with Crippen molar-refractivity contribution in [3.05, 3.63) is 63.9 Å². The SMILES string of the molecule is C[C@@H](C(=O)Nc1cccc(Cl)c1)N(C)Cc1c(F)cccc1Cl. The minimum Gasteiger partial charge on any atom is -0.325 e. The highest BCUT2D eigenvalue weighted by molar-refractivity contribution is 6.31. The third-order valence-corrected chi connectivity index (χ3v) is 4.19. The van der Waals surface area contributed by atoms with Gasteiger partial charge >= 0.3 is 0 Å². The predicted octanol–water partition coefficient (Wildman–Crippen LogP) is 4.59. The molecule has 2 aromatic carbocycles. The topological polar surface area (TPSA) is 32.3 Å². The molecule has 23 heavy (non-hydrogen) atoms. The van der Waals surface area contributed by atoms with Crippen LogP contribution in [0.2, 0.25) is 10.0 Å². The summed E-state index contributed by atoms with van der Waals surface area (Å²) in [4.78, 5) is 14.0. The van der Waals surface area contributed by atoms with Gasteiger partial charge in [0, 0.05) is 27.8 Å². The van der Waals surface area contributed by atoms with Gasteiger partial charge in [0.25, 0.3) is 0 Å². The number of nitrogens with zero attached hydrogens (tertiary/aromatic N) is 1. The molecule has 0 aliphatic heterocycles. The van der Waals surface area contributed by atoms with Gasteiger partial charge in [0.2, 0.25) is 5.91 Å². The molecule has 3 nitrogen and oxygen atoms in total. The Labute approximate surface area is 145 Å². The Bertz CT molecular complexity index is 688. The minimum atomic E-state index is -0.468. The van der Waals surface area contributed by atoms with Gasteiger partial charge in [-0.3, -0.25) is 9.69 Å². The Morgan fingerprint density at radius 3 is 2.61 bits per heavy atom. The molecule has 0 heterocycles. The molecular formula is C17H17Cl2FN2O. The number of nitrogens with one attached hydrogen (secondary N) is 1. The van der Waals surface area contributed by atoms with Gasteiger partial charge in [-0.1, -0.05) is 35.3 Å². The van der Waals surface area contributed by atoms with Crippen molar-refractivity contribution in [3.63, 3.8) is 0 Å². The lowest BCUT2D eigenvalue weighted by atomic mass is 10.1. The van der Waals surface area contributed by atoms with Crippen molar-refractivity contribution in [2.24, 2.45) is 0 Å². The predicted molar refractivity (Wildman–Crippen MR) is 92.4 cm³/mol. The first-order chi connectivity index (χ1) is 10.9. The van der Waals surface area contributed by atoms with E-state index in [2.05, 4.69) is 5.32 Å². The monoisotopic (exact) mass is 354 g/mol. The zero-order chi connectivity index (χ0) is 17.0. The summed E-state index contributed by atoms with van der Waals surface area (Å²) >= 11 is 11.9. The third kappa shape index (κ3) is 4.67. The van der Waals surface area contributed by atoms with Gasteiger partial charge in [-0.25, -0.2) is 4.39 Å². The molecule has 122 valence electrons. The van der Waals surface area contributed by atoms with Crippen molar-refractivity contribution in [1.82, 2.24) is 4.90 Å². The molecule has 6 heteroatoms. The second-order valence-electron chi connectivity index (χ2n) is 5.29. The van der Waals surface area contributed by atoms with Gasteiger partial charge < -0.3 is 5.32 Å². The van der Waals surface area contributed by atoms with Crippen molar-refractivity contribution < 1.29 is 9.18 Å². The van der Waals surface area contributed by atoms with Crippen molar-refractivity contribution in [2.45, 2.75) is 19.5 Å². The molecule has 1 atom stereocenters. The second-order valence-corrected chi connectivity index (χ2v) is 6.13. The van der Waals surface area contributed by atoms with Crippen molar-refractivity contribution in [3.8, 4) is 0 Å². The lowest BCUT2D eigenvalue weighted by Crippen LogP contribution is -2.39. The Morgan fingerprint density at radius 1 is 1.26 bits per heavy atom. The molecule has 0 spiro atoms. The first-order valence-electron chi connectivity index (χ1n) is 7.08. The number of carbonyl (C=O) groups excluding carboxylic acids is 1. The van der Waals surface area contributed by atoms with Crippen LogP contribution in [-0.2, 0) is 11.3 Å². The molecule has 0 bridgehead atoms. The summed E-state index contributed by atoms with van der Waals surface area (Å²) < 4.78 is 13.8. The smallest absolute Gasteiger partial charge is 0.241 e. The lowest BCUT2D eigenvalue weighted by Gasteiger charge is -2.24. The summed E-state index contributed by atoms with van der Waals surface area (Å²) in [7, 11) is 1.74. The van der Waals surface area contributed by atoms with E-state index in [1.165, 1.54) is 6.07 Å². The summed E-state index contributed by atoms with van der Waals surface area (Å²) in [5, 5.41) is 3.68. The normalized spacial score (nSPS) is 12.3. The van der Waals surface area contributed by atoms with Crippen LogP contribution in [0.5, 0.6) is 0 Å². The maximum absolute atomic E-state index is 13.8. The Balaban J connectivity index is 2.04. The van der Waals surface area contributed by atoms with E-state index in [0.29, 0.717) is 21.3 Å². The molecular weight excluding hydrogens is 338 g/mol. The average Bonchev–Trinajstić information content (AvgIpc) is 2.50. The number of carbonyl (C=O) groups is 1. The highest BCUT2D eigenvalue weighted by Gasteiger charge is 2.20. The van der Waals surface area contributed by atoms with E-state index in [1.807, 2.05) is 0 Å². The van der Waals surface area contributed by atoms with Gasteiger partial charge in [0.15, 0.2) is 0 Å². The number of rotatable bonds is 5. The van der Waals surface area contributed by atoms with Crippen LogP contribution >= 0.6 is 23.2 Å². The third-order valence-electron chi connectivity index (χ3n) is 3.60. The van der Waals surface area contributed by atoms with Crippen LogP contribution in [0.15, 0.2) is 42.5 Å². The summed E-state index contributed by atoms with van der Waals surface area (Å²) in [5.74, 6) is -0.589. The number of halogens is 3. The van der Waals surface area contributed by atoms with Crippen LogP contribution in [-0.4, -0.2) is 23.9 Å². The molecule has 0 fully saturated rings. The van der Waals surface area contributed by atoms with Crippen LogP contribution in [0.1, 0.15) is 12.5 Å². The lowest BCUT2D eigenvalue weighted by molar-refractivity contribution is -0.120. The number of hydrogen-bond donors (Lipinski definition) is 1. The van der Waals surface area contributed by atoms with Crippen LogP contribution < -0.4 is 5.32 Å². The molecule has 0 saturated heterocycles. The highest BCUT2D eigenvalue weighted by Crippen LogP contribution is 2.21. The number of likely N-dealkylation sites (N-methyl/N-ethyl adjacent to an activating group) is 1. The van der Waals surface area contributed by atoms with Crippen LogP contribution in [0.25, 0.3) is 0 Å². The average molecular weight is 355 g/mol. The van der Waals surface area contributed by atoms with E-state index in [4.69, 9.17) is 23.2 Å². The van der Waals surface area contributed by atoms with Crippen molar-refractivity contribution in [1.29, 1.82) is 0 Å². The molecule has 0 radical (unpaired) electrons. The van der Waals surface area contributed by atoms with Crippen LogP contribution in [0.3, 0.4) is 0 Å². The van der Waals surface area contributed by atoms with E-state index in [-0.39, 0.29) is 18.3 Å². The Kier molecular flexibility index (Phi) is 5.99.